The summed E-state index contributed by atoms with van der Waals surface area (Å²) in [6.07, 6.45) is 3.43. The number of anilines is 1. The Kier molecular flexibility index (Phi) is 5.99. The van der Waals surface area contributed by atoms with Crippen LogP contribution < -0.4 is 10.7 Å². The molecule has 4 nitrogen and oxygen atoms in total. The monoisotopic (exact) mass is 301 g/mol. The highest BCUT2D eigenvalue weighted by molar-refractivity contribution is 5.89. The van der Waals surface area contributed by atoms with Gasteiger partial charge in [0.1, 0.15) is 0 Å². The molecule has 2 N–H and O–H groups in total. The van der Waals surface area contributed by atoms with E-state index in [1.807, 2.05) is 30.3 Å². The van der Waals surface area contributed by atoms with Crippen LogP contribution in [-0.2, 0) is 4.79 Å². The molecular weight excluding hydrogens is 274 g/mol. The lowest BCUT2D eigenvalue weighted by atomic mass is 9.76. The van der Waals surface area contributed by atoms with Gasteiger partial charge in [0.2, 0.25) is 0 Å². The Balaban J connectivity index is 1.87. The van der Waals surface area contributed by atoms with Gasteiger partial charge in [-0.05, 0) is 43.2 Å². The molecule has 1 aliphatic carbocycles. The number of carbonyl (C=O) groups is 1. The molecule has 1 saturated carbocycles. The first-order valence-corrected chi connectivity index (χ1v) is 8.20. The lowest BCUT2D eigenvalue weighted by Crippen LogP contribution is -2.32. The van der Waals surface area contributed by atoms with E-state index in [-0.39, 0.29) is 12.5 Å². The van der Waals surface area contributed by atoms with Crippen LogP contribution in [-0.4, -0.2) is 18.2 Å². The topological polar surface area (TPSA) is 53.5 Å². The normalized spacial score (nSPS) is 23.5. The van der Waals surface area contributed by atoms with Crippen molar-refractivity contribution in [2.24, 2.45) is 22.9 Å². The van der Waals surface area contributed by atoms with E-state index >= 15 is 0 Å². The van der Waals surface area contributed by atoms with Crippen LogP contribution in [0.4, 0.5) is 5.69 Å². The standard InChI is InChI=1S/C18H27N3O/c1-13(2)16-10-9-14(3)11-17(16)20-21-18(22)12-19-15-7-5-4-6-8-15/h4-8,13-14,16,19H,9-12H2,1-3H3,(H,21,22)/b20-17-/t14-,16-/m1/s1. The molecule has 1 aromatic carbocycles. The molecular formula is C18H27N3O. The molecule has 22 heavy (non-hydrogen) atoms. The molecule has 120 valence electrons. The van der Waals surface area contributed by atoms with Crippen LogP contribution >= 0.6 is 0 Å². The summed E-state index contributed by atoms with van der Waals surface area (Å²) in [5, 5.41) is 7.52. The molecule has 0 heterocycles. The maximum Gasteiger partial charge on any atom is 0.259 e. The summed E-state index contributed by atoms with van der Waals surface area (Å²) in [6.45, 7) is 6.96. The average Bonchev–Trinajstić information content (AvgIpc) is 2.51. The molecule has 0 bridgehead atoms. The summed E-state index contributed by atoms with van der Waals surface area (Å²) in [5.74, 6) is 1.63. The zero-order chi connectivity index (χ0) is 15.9. The van der Waals surface area contributed by atoms with Crippen molar-refractivity contribution in [3.8, 4) is 0 Å². The predicted octanol–water partition coefficient (Wildman–Crippen LogP) is 3.66. The van der Waals surface area contributed by atoms with Crippen molar-refractivity contribution in [3.05, 3.63) is 30.3 Å². The van der Waals surface area contributed by atoms with E-state index < -0.39 is 0 Å². The van der Waals surface area contributed by atoms with Gasteiger partial charge in [-0.15, -0.1) is 0 Å². The minimum Gasteiger partial charge on any atom is -0.376 e. The Labute approximate surface area is 133 Å². The Morgan fingerprint density at radius 3 is 2.68 bits per heavy atom. The van der Waals surface area contributed by atoms with Crippen molar-refractivity contribution < 1.29 is 4.79 Å². The fourth-order valence-electron chi connectivity index (χ4n) is 3.00. The van der Waals surface area contributed by atoms with Crippen LogP contribution in [0, 0.1) is 17.8 Å². The summed E-state index contributed by atoms with van der Waals surface area (Å²) in [7, 11) is 0. The van der Waals surface area contributed by atoms with Gasteiger partial charge < -0.3 is 5.32 Å². The van der Waals surface area contributed by atoms with Gasteiger partial charge in [0.15, 0.2) is 0 Å². The Morgan fingerprint density at radius 2 is 2.00 bits per heavy atom. The number of para-hydroxylation sites is 1. The van der Waals surface area contributed by atoms with Crippen molar-refractivity contribution in [2.75, 3.05) is 11.9 Å². The number of hydrogen-bond donors (Lipinski definition) is 2. The van der Waals surface area contributed by atoms with Gasteiger partial charge in [0.05, 0.1) is 6.54 Å². The Bertz CT molecular complexity index is 510. The molecule has 1 aliphatic rings. The number of hydrogen-bond acceptors (Lipinski definition) is 3. The number of rotatable bonds is 5. The van der Waals surface area contributed by atoms with E-state index in [1.54, 1.807) is 0 Å². The van der Waals surface area contributed by atoms with Gasteiger partial charge in [0, 0.05) is 17.3 Å². The van der Waals surface area contributed by atoms with E-state index in [0.29, 0.717) is 17.8 Å². The van der Waals surface area contributed by atoms with E-state index in [4.69, 9.17) is 0 Å². The van der Waals surface area contributed by atoms with Crippen molar-refractivity contribution in [3.63, 3.8) is 0 Å². The SMILES string of the molecule is CC(C)[C@H]1CC[C@@H](C)C/C1=N/NC(=O)CNc1ccccc1. The highest BCUT2D eigenvalue weighted by Crippen LogP contribution is 2.31. The molecule has 1 fully saturated rings. The molecule has 0 aliphatic heterocycles. The summed E-state index contributed by atoms with van der Waals surface area (Å²) >= 11 is 0. The van der Waals surface area contributed by atoms with E-state index in [2.05, 4.69) is 36.6 Å². The zero-order valence-corrected chi connectivity index (χ0v) is 13.8. The molecule has 0 radical (unpaired) electrons. The Hall–Kier alpha value is -1.84. The second-order valence-electron chi connectivity index (χ2n) is 6.59. The van der Waals surface area contributed by atoms with E-state index in [9.17, 15) is 4.79 Å². The smallest absolute Gasteiger partial charge is 0.259 e. The maximum atomic E-state index is 11.9. The molecule has 0 unspecified atom stereocenters. The van der Waals surface area contributed by atoms with E-state index in [0.717, 1.165) is 17.8 Å². The number of benzene rings is 1. The van der Waals surface area contributed by atoms with E-state index in [1.165, 1.54) is 12.8 Å². The maximum absolute atomic E-state index is 11.9. The van der Waals surface area contributed by atoms with Crippen LogP contribution in [0.2, 0.25) is 0 Å². The van der Waals surface area contributed by atoms with Crippen molar-refractivity contribution >= 4 is 17.3 Å². The zero-order valence-electron chi connectivity index (χ0n) is 13.8. The fourth-order valence-corrected chi connectivity index (χ4v) is 3.00. The summed E-state index contributed by atoms with van der Waals surface area (Å²) in [4.78, 5) is 11.9. The first-order chi connectivity index (χ1) is 10.6. The Morgan fingerprint density at radius 1 is 1.27 bits per heavy atom. The molecule has 1 aromatic rings. The van der Waals surface area contributed by atoms with Crippen LogP contribution in [0.1, 0.15) is 40.0 Å². The second kappa shape index (κ2) is 7.97. The predicted molar refractivity (Wildman–Crippen MR) is 91.9 cm³/mol. The summed E-state index contributed by atoms with van der Waals surface area (Å²) < 4.78 is 0. The van der Waals surface area contributed by atoms with Crippen molar-refractivity contribution in [1.82, 2.24) is 5.43 Å². The van der Waals surface area contributed by atoms with Crippen molar-refractivity contribution in [1.29, 1.82) is 0 Å². The molecule has 4 heteroatoms. The number of amides is 1. The molecule has 2 rings (SSSR count). The van der Waals surface area contributed by atoms with Gasteiger partial charge in [-0.3, -0.25) is 4.79 Å². The summed E-state index contributed by atoms with van der Waals surface area (Å²) in [6, 6.07) is 9.72. The number of hydrazone groups is 1. The van der Waals surface area contributed by atoms with Gasteiger partial charge >= 0.3 is 0 Å². The number of carbonyl (C=O) groups excluding carboxylic acids is 1. The van der Waals surface area contributed by atoms with Crippen LogP contribution in [0.25, 0.3) is 0 Å². The third kappa shape index (κ3) is 4.86. The molecule has 2 atom stereocenters. The lowest BCUT2D eigenvalue weighted by Gasteiger charge is -2.30. The molecule has 1 amide bonds. The number of nitrogens with one attached hydrogen (secondary N) is 2. The highest BCUT2D eigenvalue weighted by atomic mass is 16.2. The van der Waals surface area contributed by atoms with Gasteiger partial charge in [-0.2, -0.15) is 5.10 Å². The van der Waals surface area contributed by atoms with Gasteiger partial charge in [-0.1, -0.05) is 39.0 Å². The highest BCUT2D eigenvalue weighted by Gasteiger charge is 2.27. The third-order valence-corrected chi connectivity index (χ3v) is 4.31. The van der Waals surface area contributed by atoms with Crippen LogP contribution in [0.15, 0.2) is 35.4 Å². The molecule has 0 spiro atoms. The largest absolute Gasteiger partial charge is 0.376 e. The third-order valence-electron chi connectivity index (χ3n) is 4.31. The van der Waals surface area contributed by atoms with Crippen LogP contribution in [0.5, 0.6) is 0 Å². The van der Waals surface area contributed by atoms with Gasteiger partial charge in [-0.25, -0.2) is 5.43 Å². The second-order valence-corrected chi connectivity index (χ2v) is 6.59. The molecule has 0 saturated heterocycles. The van der Waals surface area contributed by atoms with Crippen LogP contribution in [0.3, 0.4) is 0 Å². The minimum absolute atomic E-state index is 0.0999. The number of nitrogens with zero attached hydrogens (tertiary/aromatic N) is 1. The first-order valence-electron chi connectivity index (χ1n) is 8.20. The van der Waals surface area contributed by atoms with Gasteiger partial charge in [0.25, 0.3) is 5.91 Å². The quantitative estimate of drug-likeness (QED) is 0.815. The first kappa shape index (κ1) is 16.5. The van der Waals surface area contributed by atoms with Crippen molar-refractivity contribution in [2.45, 2.75) is 40.0 Å². The summed E-state index contributed by atoms with van der Waals surface area (Å²) in [5.41, 5.74) is 4.81. The average molecular weight is 301 g/mol. The fraction of sp³-hybridized carbons (Fsp3) is 0.556. The minimum atomic E-state index is -0.0999. The lowest BCUT2D eigenvalue weighted by molar-refractivity contribution is -0.119. The molecule has 0 aromatic heterocycles.